The first-order valence-corrected chi connectivity index (χ1v) is 15.9. The van der Waals surface area contributed by atoms with E-state index in [0.717, 1.165) is 10.5 Å². The van der Waals surface area contributed by atoms with E-state index in [1.807, 2.05) is 12.1 Å². The van der Waals surface area contributed by atoms with Crippen molar-refractivity contribution in [2.24, 2.45) is 5.73 Å². The van der Waals surface area contributed by atoms with Crippen LogP contribution in [0.15, 0.2) is 24.3 Å². The van der Waals surface area contributed by atoms with Gasteiger partial charge in [-0.05, 0) is 31.0 Å². The van der Waals surface area contributed by atoms with Crippen LogP contribution in [0.25, 0.3) is 0 Å². The molecule has 0 bridgehead atoms. The molecule has 14 nitrogen and oxygen atoms in total. The first-order chi connectivity index (χ1) is 21.5. The normalized spacial score (nSPS) is 14.3. The van der Waals surface area contributed by atoms with Gasteiger partial charge in [0.15, 0.2) is 0 Å². The number of benzene rings is 1. The van der Waals surface area contributed by atoms with Gasteiger partial charge in [-0.1, -0.05) is 12.1 Å². The van der Waals surface area contributed by atoms with Crippen molar-refractivity contribution in [1.82, 2.24) is 15.5 Å². The topological polar surface area (TPSA) is 203 Å². The molecule has 1 aromatic carbocycles. The summed E-state index contributed by atoms with van der Waals surface area (Å²) in [6.07, 6.45) is 1.49. The number of amides is 6. The zero-order valence-electron chi connectivity index (χ0n) is 25.6. The molecule has 1 fully saturated rings. The van der Waals surface area contributed by atoms with Gasteiger partial charge in [0, 0.05) is 63.2 Å². The van der Waals surface area contributed by atoms with Gasteiger partial charge < -0.3 is 31.2 Å². The van der Waals surface area contributed by atoms with Crippen LogP contribution >= 0.6 is 11.8 Å². The van der Waals surface area contributed by atoms with Gasteiger partial charge in [-0.15, -0.1) is 11.8 Å². The summed E-state index contributed by atoms with van der Waals surface area (Å²) in [5, 5.41) is 7.60. The van der Waals surface area contributed by atoms with Crippen molar-refractivity contribution < 1.29 is 43.0 Å². The van der Waals surface area contributed by atoms with E-state index in [0.29, 0.717) is 24.3 Å². The number of nitrogens with zero attached hydrogens (tertiary/aromatic N) is 1. The second-order valence-corrected chi connectivity index (χ2v) is 11.6. The van der Waals surface area contributed by atoms with Crippen molar-refractivity contribution in [1.29, 1.82) is 0 Å². The molecule has 2 rings (SSSR count). The molecule has 0 saturated carbocycles. The maximum Gasteiger partial charge on any atom is 0.242 e. The summed E-state index contributed by atoms with van der Waals surface area (Å²) < 4.78 is 10.8. The third-order valence-electron chi connectivity index (χ3n) is 6.52. The van der Waals surface area contributed by atoms with Gasteiger partial charge in [0.05, 0.1) is 38.1 Å². The number of thioether (sulfide) groups is 1. The Morgan fingerprint density at radius 1 is 0.844 bits per heavy atom. The largest absolute Gasteiger partial charge is 0.379 e. The molecule has 15 heteroatoms. The van der Waals surface area contributed by atoms with Crippen molar-refractivity contribution >= 4 is 58.7 Å². The number of Topliss-reactive ketones (excluding diaryl/α,β-unsaturated/α-hetero) is 1. The molecule has 248 valence electrons. The lowest BCUT2D eigenvalue weighted by Gasteiger charge is -2.14. The Morgan fingerprint density at radius 3 is 2.20 bits per heavy atom. The number of aryl methyl sites for hydroxylation is 1. The minimum absolute atomic E-state index is 0.00282. The number of nitrogens with two attached hydrogens (primary N) is 1. The summed E-state index contributed by atoms with van der Waals surface area (Å²) >= 11 is 1.30. The Hall–Kier alpha value is -3.82. The van der Waals surface area contributed by atoms with Crippen LogP contribution in [-0.4, -0.2) is 103 Å². The quantitative estimate of drug-likeness (QED) is 0.0944. The third kappa shape index (κ3) is 16.2. The number of hydrogen-bond acceptors (Lipinski definition) is 10. The van der Waals surface area contributed by atoms with E-state index in [9.17, 15) is 33.6 Å². The molecule has 1 aromatic rings. The van der Waals surface area contributed by atoms with E-state index in [4.69, 9.17) is 15.2 Å². The fourth-order valence-electron chi connectivity index (χ4n) is 4.06. The van der Waals surface area contributed by atoms with Gasteiger partial charge in [0.2, 0.25) is 35.4 Å². The first kappa shape index (κ1) is 37.4. The molecule has 0 aliphatic carbocycles. The summed E-state index contributed by atoms with van der Waals surface area (Å²) in [5.74, 6) is -1.25. The predicted molar refractivity (Wildman–Crippen MR) is 167 cm³/mol. The molecular formula is C30H43N5O9S. The van der Waals surface area contributed by atoms with Gasteiger partial charge in [-0.3, -0.25) is 38.5 Å². The molecule has 1 aliphatic heterocycles. The molecule has 1 heterocycles. The van der Waals surface area contributed by atoms with E-state index in [-0.39, 0.29) is 113 Å². The van der Waals surface area contributed by atoms with Crippen molar-refractivity contribution in [2.75, 3.05) is 57.1 Å². The second kappa shape index (κ2) is 21.0. The number of imide groups is 1. The average Bonchev–Trinajstić information content (AvgIpc) is 3.25. The number of likely N-dealkylation sites (tertiary alicyclic amines) is 1. The standard InChI is InChI=1S/C30H43N5O9S/c1-21(36)11-19-45-24-20-29(41)35(30(24)42)14-9-27(39)33-13-16-44-18-17-43-15-10-28(40)34-23-5-2-22(3-6-23)4-7-26(38)32-12-8-25(31)37/h2-3,5-6,24H,4,7-20H2,1H3,(H2,31,37)(H,32,38)(H,33,39)(H,34,40). The molecule has 0 spiro atoms. The van der Waals surface area contributed by atoms with Gasteiger partial charge in [-0.2, -0.15) is 0 Å². The number of ether oxygens (including phenoxy) is 2. The zero-order chi connectivity index (χ0) is 33.0. The highest BCUT2D eigenvalue weighted by Gasteiger charge is 2.38. The van der Waals surface area contributed by atoms with Gasteiger partial charge >= 0.3 is 0 Å². The molecule has 0 radical (unpaired) electrons. The number of nitrogens with one attached hydrogen (secondary N) is 3. The van der Waals surface area contributed by atoms with Crippen LogP contribution in [0.2, 0.25) is 0 Å². The zero-order valence-corrected chi connectivity index (χ0v) is 26.4. The Balaban J connectivity index is 1.46. The van der Waals surface area contributed by atoms with Crippen LogP contribution < -0.4 is 21.7 Å². The lowest BCUT2D eigenvalue weighted by molar-refractivity contribution is -0.138. The molecule has 0 aromatic heterocycles. The maximum absolute atomic E-state index is 12.4. The summed E-state index contributed by atoms with van der Waals surface area (Å²) in [6, 6.07) is 7.17. The molecule has 1 aliphatic rings. The van der Waals surface area contributed by atoms with Gasteiger partial charge in [0.25, 0.3) is 0 Å². The van der Waals surface area contributed by atoms with E-state index >= 15 is 0 Å². The average molecular weight is 650 g/mol. The van der Waals surface area contributed by atoms with Gasteiger partial charge in [-0.25, -0.2) is 0 Å². The van der Waals surface area contributed by atoms with Crippen LogP contribution in [0, 0.1) is 0 Å². The van der Waals surface area contributed by atoms with E-state index in [2.05, 4.69) is 16.0 Å². The van der Waals surface area contributed by atoms with Crippen LogP contribution in [0.5, 0.6) is 0 Å². The van der Waals surface area contributed by atoms with Crippen LogP contribution in [0.4, 0.5) is 5.69 Å². The lowest BCUT2D eigenvalue weighted by Crippen LogP contribution is -2.36. The van der Waals surface area contributed by atoms with Crippen LogP contribution in [0.3, 0.4) is 0 Å². The first-order valence-electron chi connectivity index (χ1n) is 14.9. The van der Waals surface area contributed by atoms with E-state index in [1.54, 1.807) is 12.1 Å². The minimum Gasteiger partial charge on any atom is -0.379 e. The number of ketones is 1. The van der Waals surface area contributed by atoms with E-state index in [1.165, 1.54) is 18.7 Å². The summed E-state index contributed by atoms with van der Waals surface area (Å²) in [5.41, 5.74) is 6.60. The smallest absolute Gasteiger partial charge is 0.242 e. The molecule has 6 amide bonds. The van der Waals surface area contributed by atoms with Crippen LogP contribution in [0.1, 0.15) is 51.0 Å². The van der Waals surface area contributed by atoms with Crippen molar-refractivity contribution in [3.05, 3.63) is 29.8 Å². The molecule has 1 saturated heterocycles. The summed E-state index contributed by atoms with van der Waals surface area (Å²) in [6.45, 7) is 2.99. The highest BCUT2D eigenvalue weighted by Crippen LogP contribution is 2.25. The molecule has 1 atom stereocenters. The van der Waals surface area contributed by atoms with Crippen molar-refractivity contribution in [2.45, 2.75) is 57.1 Å². The SMILES string of the molecule is CC(=O)CCSC1CC(=O)N(CCC(=O)NCCOCCOCCC(=O)Nc2ccc(CCC(=O)NCCC(N)=O)cc2)C1=O. The molecule has 45 heavy (non-hydrogen) atoms. The second-order valence-electron chi connectivity index (χ2n) is 10.3. The summed E-state index contributed by atoms with van der Waals surface area (Å²) in [4.78, 5) is 83.4. The number of primary amides is 1. The fraction of sp³-hybridized carbons (Fsp3) is 0.567. The number of hydrogen-bond donors (Lipinski definition) is 4. The van der Waals surface area contributed by atoms with Crippen molar-refractivity contribution in [3.8, 4) is 0 Å². The number of carbonyl (C=O) groups is 7. The highest BCUT2D eigenvalue weighted by molar-refractivity contribution is 8.00. The Kier molecular flexibility index (Phi) is 17.4. The fourth-order valence-corrected chi connectivity index (χ4v) is 5.28. The minimum atomic E-state index is -0.496. The number of anilines is 1. The van der Waals surface area contributed by atoms with Gasteiger partial charge in [0.1, 0.15) is 5.78 Å². The Labute approximate surface area is 266 Å². The lowest BCUT2D eigenvalue weighted by atomic mass is 10.1. The highest BCUT2D eigenvalue weighted by atomic mass is 32.2. The monoisotopic (exact) mass is 649 g/mol. The Bertz CT molecular complexity index is 1180. The third-order valence-corrected chi connectivity index (χ3v) is 7.73. The predicted octanol–water partition coefficient (Wildman–Crippen LogP) is 0.319. The molecule has 5 N–H and O–H groups in total. The number of carbonyl (C=O) groups excluding carboxylic acids is 7. The molecule has 1 unspecified atom stereocenters. The maximum atomic E-state index is 12.4. The Morgan fingerprint density at radius 2 is 1.51 bits per heavy atom. The van der Waals surface area contributed by atoms with Crippen molar-refractivity contribution in [3.63, 3.8) is 0 Å². The van der Waals surface area contributed by atoms with Crippen LogP contribution in [-0.2, 0) is 49.5 Å². The van der Waals surface area contributed by atoms with E-state index < -0.39 is 11.2 Å². The number of rotatable bonds is 23. The molecular weight excluding hydrogens is 606 g/mol. The summed E-state index contributed by atoms with van der Waals surface area (Å²) in [7, 11) is 0.